The van der Waals surface area contributed by atoms with Crippen LogP contribution in [-0.4, -0.2) is 49.2 Å². The van der Waals surface area contributed by atoms with Crippen LogP contribution in [0.5, 0.6) is 0 Å². The Labute approximate surface area is 165 Å². The van der Waals surface area contributed by atoms with E-state index in [0.29, 0.717) is 19.2 Å². The molecule has 1 aromatic rings. The van der Waals surface area contributed by atoms with Gasteiger partial charge in [0.15, 0.2) is 5.96 Å². The number of hydrogen-bond acceptors (Lipinski definition) is 3. The van der Waals surface area contributed by atoms with E-state index in [9.17, 15) is 0 Å². The Morgan fingerprint density at radius 1 is 1.22 bits per heavy atom. The molecule has 1 aromatic carbocycles. The van der Waals surface area contributed by atoms with E-state index in [1.165, 1.54) is 50.0 Å². The Morgan fingerprint density at radius 3 is 2.63 bits per heavy atom. The number of nitrogens with one attached hydrogen (secondary N) is 2. The molecular formula is C22H38N4O. The first-order valence-electron chi connectivity index (χ1n) is 10.6. The fraction of sp³-hybridized carbons (Fsp3) is 0.682. The van der Waals surface area contributed by atoms with E-state index >= 15 is 0 Å². The van der Waals surface area contributed by atoms with E-state index in [4.69, 9.17) is 9.73 Å². The van der Waals surface area contributed by atoms with Gasteiger partial charge in [-0.2, -0.15) is 0 Å². The normalized spacial score (nSPS) is 16.7. The Bertz CT molecular complexity index is 565. The molecule has 1 heterocycles. The van der Waals surface area contributed by atoms with Gasteiger partial charge < -0.3 is 20.3 Å². The highest BCUT2D eigenvalue weighted by molar-refractivity contribution is 5.80. The van der Waals surface area contributed by atoms with Gasteiger partial charge in [0.05, 0.1) is 19.3 Å². The van der Waals surface area contributed by atoms with Crippen LogP contribution in [0, 0.1) is 0 Å². The zero-order valence-corrected chi connectivity index (χ0v) is 17.6. The van der Waals surface area contributed by atoms with Gasteiger partial charge in [0.2, 0.25) is 0 Å². The largest absolute Gasteiger partial charge is 0.374 e. The lowest BCUT2D eigenvalue weighted by molar-refractivity contribution is 0.0657. The fourth-order valence-electron chi connectivity index (χ4n) is 3.38. The Morgan fingerprint density at radius 2 is 1.96 bits per heavy atom. The summed E-state index contributed by atoms with van der Waals surface area (Å²) in [5.41, 5.74) is 2.42. The van der Waals surface area contributed by atoms with E-state index in [1.807, 2.05) is 0 Å². The minimum Gasteiger partial charge on any atom is -0.374 e. The van der Waals surface area contributed by atoms with Gasteiger partial charge in [-0.25, -0.2) is 4.99 Å². The van der Waals surface area contributed by atoms with Gasteiger partial charge in [0, 0.05) is 25.7 Å². The molecule has 0 spiro atoms. The summed E-state index contributed by atoms with van der Waals surface area (Å²) in [5.74, 6) is 0.926. The number of piperidine rings is 1. The van der Waals surface area contributed by atoms with Crippen molar-refractivity contribution in [1.29, 1.82) is 0 Å². The van der Waals surface area contributed by atoms with Crippen molar-refractivity contribution in [1.82, 2.24) is 15.5 Å². The van der Waals surface area contributed by atoms with E-state index in [0.717, 1.165) is 12.5 Å². The minimum absolute atomic E-state index is 0.250. The Balaban J connectivity index is 1.88. The predicted molar refractivity (Wildman–Crippen MR) is 114 cm³/mol. The molecule has 2 rings (SSSR count). The van der Waals surface area contributed by atoms with Crippen molar-refractivity contribution in [2.24, 2.45) is 4.99 Å². The van der Waals surface area contributed by atoms with Crippen LogP contribution in [0.2, 0.25) is 0 Å². The number of benzene rings is 1. The molecule has 0 saturated carbocycles. The molecule has 0 aromatic heterocycles. The first-order chi connectivity index (χ1) is 13.1. The Hall–Kier alpha value is -1.59. The smallest absolute Gasteiger partial charge is 0.191 e. The van der Waals surface area contributed by atoms with Crippen LogP contribution in [0.4, 0.5) is 0 Å². The van der Waals surface area contributed by atoms with Crippen LogP contribution in [0.25, 0.3) is 0 Å². The number of ether oxygens (including phenoxy) is 1. The standard InChI is InChI=1S/C22H38N4O/c1-5-12-26-13-10-21(11-14-26)25-22(23-6-2)24-16-19-8-7-9-20(15-19)17-27-18(3)4/h7-9,15,18,21H,5-6,10-14,16-17H2,1-4H3,(H2,23,24,25). The van der Waals surface area contributed by atoms with Crippen LogP contribution in [0.1, 0.15) is 58.1 Å². The van der Waals surface area contributed by atoms with E-state index in [-0.39, 0.29) is 6.10 Å². The van der Waals surface area contributed by atoms with Gasteiger partial charge in [0.1, 0.15) is 0 Å². The van der Waals surface area contributed by atoms with E-state index < -0.39 is 0 Å². The van der Waals surface area contributed by atoms with Crippen molar-refractivity contribution in [2.75, 3.05) is 26.2 Å². The zero-order valence-electron chi connectivity index (χ0n) is 17.6. The van der Waals surface area contributed by atoms with Gasteiger partial charge in [-0.3, -0.25) is 0 Å². The average molecular weight is 375 g/mol. The van der Waals surface area contributed by atoms with Crippen molar-refractivity contribution in [3.8, 4) is 0 Å². The van der Waals surface area contributed by atoms with Crippen LogP contribution >= 0.6 is 0 Å². The number of hydrogen-bond donors (Lipinski definition) is 2. The maximum absolute atomic E-state index is 5.71. The predicted octanol–water partition coefficient (Wildman–Crippen LogP) is 3.54. The molecule has 27 heavy (non-hydrogen) atoms. The number of guanidine groups is 1. The van der Waals surface area contributed by atoms with Gasteiger partial charge in [-0.05, 0) is 57.7 Å². The molecule has 0 bridgehead atoms. The second kappa shape index (κ2) is 12.0. The summed E-state index contributed by atoms with van der Waals surface area (Å²) >= 11 is 0. The van der Waals surface area contributed by atoms with Crippen molar-refractivity contribution < 1.29 is 4.74 Å². The highest BCUT2D eigenvalue weighted by Crippen LogP contribution is 2.11. The van der Waals surface area contributed by atoms with Crippen LogP contribution < -0.4 is 10.6 Å². The first-order valence-corrected chi connectivity index (χ1v) is 10.6. The third kappa shape index (κ3) is 8.31. The number of aliphatic imine (C=N–C) groups is 1. The highest BCUT2D eigenvalue weighted by atomic mass is 16.5. The fourth-order valence-corrected chi connectivity index (χ4v) is 3.38. The molecule has 0 radical (unpaired) electrons. The van der Waals surface area contributed by atoms with Gasteiger partial charge in [0.25, 0.3) is 0 Å². The molecule has 5 nitrogen and oxygen atoms in total. The van der Waals surface area contributed by atoms with Crippen molar-refractivity contribution in [3.05, 3.63) is 35.4 Å². The molecule has 1 saturated heterocycles. The average Bonchev–Trinajstić information content (AvgIpc) is 2.67. The minimum atomic E-state index is 0.250. The summed E-state index contributed by atoms with van der Waals surface area (Å²) in [6.45, 7) is 14.3. The molecule has 152 valence electrons. The number of nitrogens with zero attached hydrogens (tertiary/aromatic N) is 2. The molecule has 1 aliphatic heterocycles. The quantitative estimate of drug-likeness (QED) is 0.513. The van der Waals surface area contributed by atoms with Crippen LogP contribution in [0.3, 0.4) is 0 Å². The van der Waals surface area contributed by atoms with E-state index in [1.54, 1.807) is 0 Å². The summed E-state index contributed by atoms with van der Waals surface area (Å²) in [4.78, 5) is 7.37. The maximum atomic E-state index is 5.71. The van der Waals surface area contributed by atoms with Gasteiger partial charge in [-0.1, -0.05) is 31.2 Å². The SMILES string of the molecule is CCCN1CCC(NC(=NCc2cccc(COC(C)C)c2)NCC)CC1. The lowest BCUT2D eigenvalue weighted by Gasteiger charge is -2.32. The lowest BCUT2D eigenvalue weighted by Crippen LogP contribution is -2.48. The summed E-state index contributed by atoms with van der Waals surface area (Å²) in [7, 11) is 0. The lowest BCUT2D eigenvalue weighted by atomic mass is 10.1. The van der Waals surface area contributed by atoms with Gasteiger partial charge >= 0.3 is 0 Å². The van der Waals surface area contributed by atoms with Crippen LogP contribution in [0.15, 0.2) is 29.3 Å². The summed E-state index contributed by atoms with van der Waals surface area (Å²) in [6.07, 6.45) is 3.86. The monoisotopic (exact) mass is 374 g/mol. The topological polar surface area (TPSA) is 48.9 Å². The maximum Gasteiger partial charge on any atom is 0.191 e. The molecular weight excluding hydrogens is 336 g/mol. The van der Waals surface area contributed by atoms with Crippen molar-refractivity contribution in [2.45, 2.75) is 72.3 Å². The number of likely N-dealkylation sites (tertiary alicyclic amines) is 1. The molecule has 0 amide bonds. The Kier molecular flexibility index (Phi) is 9.64. The van der Waals surface area contributed by atoms with Gasteiger partial charge in [-0.15, -0.1) is 0 Å². The molecule has 2 N–H and O–H groups in total. The molecule has 0 aliphatic carbocycles. The molecule has 1 aliphatic rings. The van der Waals surface area contributed by atoms with Crippen LogP contribution in [-0.2, 0) is 17.9 Å². The second-order valence-electron chi connectivity index (χ2n) is 7.64. The van der Waals surface area contributed by atoms with Crippen molar-refractivity contribution >= 4 is 5.96 Å². The van der Waals surface area contributed by atoms with E-state index in [2.05, 4.69) is 67.5 Å². The third-order valence-corrected chi connectivity index (χ3v) is 4.81. The summed E-state index contributed by atoms with van der Waals surface area (Å²) in [6, 6.07) is 9.05. The summed E-state index contributed by atoms with van der Waals surface area (Å²) in [5, 5.41) is 7.02. The molecule has 0 atom stereocenters. The number of rotatable bonds is 9. The second-order valence-corrected chi connectivity index (χ2v) is 7.64. The molecule has 5 heteroatoms. The zero-order chi connectivity index (χ0) is 19.5. The summed E-state index contributed by atoms with van der Waals surface area (Å²) < 4.78 is 5.71. The first kappa shape index (κ1) is 21.7. The third-order valence-electron chi connectivity index (χ3n) is 4.81. The molecule has 0 unspecified atom stereocenters. The highest BCUT2D eigenvalue weighted by Gasteiger charge is 2.19. The van der Waals surface area contributed by atoms with Crippen molar-refractivity contribution in [3.63, 3.8) is 0 Å². The molecule has 1 fully saturated rings.